The lowest BCUT2D eigenvalue weighted by molar-refractivity contribution is 0.495. The number of nitrogens with one attached hydrogen (secondary N) is 1. The first-order valence-electron chi connectivity index (χ1n) is 6.53. The van der Waals surface area contributed by atoms with Gasteiger partial charge in [0.1, 0.15) is 0 Å². The van der Waals surface area contributed by atoms with E-state index in [2.05, 4.69) is 22.3 Å². The lowest BCUT2D eigenvalue weighted by Gasteiger charge is -2.18. The van der Waals surface area contributed by atoms with Crippen molar-refractivity contribution >= 4 is 11.6 Å². The zero-order valence-corrected chi connectivity index (χ0v) is 12.1. The second-order valence-corrected chi connectivity index (χ2v) is 4.87. The quantitative estimate of drug-likeness (QED) is 0.883. The Hall–Kier alpha value is -1.39. The van der Waals surface area contributed by atoms with E-state index in [0.29, 0.717) is 0 Å². The fraction of sp³-hybridized carbons (Fsp3) is 0.429. The lowest BCUT2D eigenvalue weighted by Crippen LogP contribution is -2.23. The van der Waals surface area contributed by atoms with Crippen LogP contribution in [0.5, 0.6) is 0 Å². The van der Waals surface area contributed by atoms with Crippen molar-refractivity contribution in [2.45, 2.75) is 25.8 Å². The SMILES string of the molecule is CCNC(CCc1ccnn1C)c1ncccc1Cl. The molecular weight excluding hydrogens is 260 g/mol. The summed E-state index contributed by atoms with van der Waals surface area (Å²) in [7, 11) is 1.96. The average molecular weight is 279 g/mol. The topological polar surface area (TPSA) is 42.7 Å². The number of rotatable bonds is 6. The minimum absolute atomic E-state index is 0.175. The molecular formula is C14H19ClN4. The van der Waals surface area contributed by atoms with E-state index in [0.717, 1.165) is 30.1 Å². The summed E-state index contributed by atoms with van der Waals surface area (Å²) in [5, 5.41) is 8.35. The highest BCUT2D eigenvalue weighted by Gasteiger charge is 2.15. The van der Waals surface area contributed by atoms with Gasteiger partial charge in [-0.2, -0.15) is 5.10 Å². The maximum absolute atomic E-state index is 6.23. The Morgan fingerprint density at radius 2 is 2.21 bits per heavy atom. The molecule has 4 nitrogen and oxygen atoms in total. The van der Waals surface area contributed by atoms with Gasteiger partial charge in [-0.1, -0.05) is 18.5 Å². The van der Waals surface area contributed by atoms with Gasteiger partial charge >= 0.3 is 0 Å². The number of nitrogens with zero attached hydrogens (tertiary/aromatic N) is 3. The standard InChI is InChI=1S/C14H19ClN4/c1-3-16-13(14-12(15)5-4-9-17-14)7-6-11-8-10-18-19(11)2/h4-5,8-10,13,16H,3,6-7H2,1-2H3. The van der Waals surface area contributed by atoms with Crippen molar-refractivity contribution in [1.82, 2.24) is 20.1 Å². The molecule has 2 aromatic rings. The van der Waals surface area contributed by atoms with Gasteiger partial charge < -0.3 is 5.32 Å². The molecule has 0 aliphatic rings. The van der Waals surface area contributed by atoms with E-state index in [-0.39, 0.29) is 6.04 Å². The van der Waals surface area contributed by atoms with Gasteiger partial charge in [-0.15, -0.1) is 0 Å². The molecule has 1 unspecified atom stereocenters. The van der Waals surface area contributed by atoms with Crippen LogP contribution in [0.3, 0.4) is 0 Å². The third-order valence-corrected chi connectivity index (χ3v) is 3.50. The summed E-state index contributed by atoms with van der Waals surface area (Å²) in [6.07, 6.45) is 5.51. The molecule has 2 aromatic heterocycles. The smallest absolute Gasteiger partial charge is 0.0759 e. The van der Waals surface area contributed by atoms with Gasteiger partial charge in [0, 0.05) is 25.1 Å². The summed E-state index contributed by atoms with van der Waals surface area (Å²) in [6, 6.07) is 5.96. The normalized spacial score (nSPS) is 12.6. The van der Waals surface area contributed by atoms with Crippen LogP contribution in [-0.4, -0.2) is 21.3 Å². The molecule has 2 heterocycles. The molecule has 1 N–H and O–H groups in total. The number of hydrogen-bond donors (Lipinski definition) is 1. The van der Waals surface area contributed by atoms with Crippen LogP contribution in [0.1, 0.15) is 30.8 Å². The molecule has 102 valence electrons. The molecule has 0 saturated heterocycles. The molecule has 0 aliphatic heterocycles. The first kappa shape index (κ1) is 14.0. The zero-order valence-electron chi connectivity index (χ0n) is 11.3. The van der Waals surface area contributed by atoms with E-state index >= 15 is 0 Å². The average Bonchev–Trinajstić information content (AvgIpc) is 2.81. The van der Waals surface area contributed by atoms with Crippen molar-refractivity contribution in [3.05, 3.63) is 47.0 Å². The molecule has 0 bridgehead atoms. The van der Waals surface area contributed by atoms with E-state index in [1.165, 1.54) is 5.69 Å². The van der Waals surface area contributed by atoms with Crippen LogP contribution in [0.15, 0.2) is 30.6 Å². The molecule has 19 heavy (non-hydrogen) atoms. The van der Waals surface area contributed by atoms with Gasteiger partial charge in [0.05, 0.1) is 16.8 Å². The van der Waals surface area contributed by atoms with Crippen LogP contribution in [0, 0.1) is 0 Å². The summed E-state index contributed by atoms with van der Waals surface area (Å²) in [5.41, 5.74) is 2.14. The third kappa shape index (κ3) is 3.55. The maximum atomic E-state index is 6.23. The molecule has 0 aliphatic carbocycles. The molecule has 0 fully saturated rings. The van der Waals surface area contributed by atoms with Gasteiger partial charge in [-0.25, -0.2) is 0 Å². The van der Waals surface area contributed by atoms with Crippen LogP contribution in [0.4, 0.5) is 0 Å². The van der Waals surface area contributed by atoms with E-state index < -0.39 is 0 Å². The minimum Gasteiger partial charge on any atom is -0.309 e. The van der Waals surface area contributed by atoms with Crippen molar-refractivity contribution in [3.8, 4) is 0 Å². The Bertz CT molecular complexity index is 524. The summed E-state index contributed by atoms with van der Waals surface area (Å²) >= 11 is 6.23. The van der Waals surface area contributed by atoms with Gasteiger partial charge in [0.2, 0.25) is 0 Å². The maximum Gasteiger partial charge on any atom is 0.0759 e. The highest BCUT2D eigenvalue weighted by atomic mass is 35.5. The number of halogens is 1. The monoisotopic (exact) mass is 278 g/mol. The van der Waals surface area contributed by atoms with Crippen LogP contribution < -0.4 is 5.32 Å². The van der Waals surface area contributed by atoms with E-state index in [4.69, 9.17) is 11.6 Å². The molecule has 0 radical (unpaired) electrons. The molecule has 0 spiro atoms. The molecule has 1 atom stereocenters. The van der Waals surface area contributed by atoms with E-state index in [1.807, 2.05) is 36.1 Å². The Morgan fingerprint density at radius 1 is 1.37 bits per heavy atom. The molecule has 5 heteroatoms. The molecule has 0 amide bonds. The summed E-state index contributed by atoms with van der Waals surface area (Å²) in [4.78, 5) is 4.40. The van der Waals surface area contributed by atoms with Crippen molar-refractivity contribution in [2.24, 2.45) is 7.05 Å². The largest absolute Gasteiger partial charge is 0.309 e. The number of aryl methyl sites for hydroxylation is 2. The van der Waals surface area contributed by atoms with E-state index in [9.17, 15) is 0 Å². The second kappa shape index (κ2) is 6.68. The van der Waals surface area contributed by atoms with Crippen LogP contribution >= 0.6 is 11.6 Å². The predicted molar refractivity (Wildman–Crippen MR) is 77.2 cm³/mol. The van der Waals surface area contributed by atoms with Crippen molar-refractivity contribution in [2.75, 3.05) is 6.54 Å². The fourth-order valence-electron chi connectivity index (χ4n) is 2.17. The van der Waals surface area contributed by atoms with E-state index in [1.54, 1.807) is 6.20 Å². The number of pyridine rings is 1. The zero-order chi connectivity index (χ0) is 13.7. The first-order chi connectivity index (χ1) is 9.22. The molecule has 2 rings (SSSR count). The highest BCUT2D eigenvalue weighted by Crippen LogP contribution is 2.24. The summed E-state index contributed by atoms with van der Waals surface area (Å²) in [6.45, 7) is 2.98. The summed E-state index contributed by atoms with van der Waals surface area (Å²) in [5.74, 6) is 0. The summed E-state index contributed by atoms with van der Waals surface area (Å²) < 4.78 is 1.91. The molecule has 0 saturated carbocycles. The van der Waals surface area contributed by atoms with Crippen molar-refractivity contribution in [3.63, 3.8) is 0 Å². The van der Waals surface area contributed by atoms with Gasteiger partial charge in [-0.05, 0) is 37.6 Å². The van der Waals surface area contributed by atoms with Crippen LogP contribution in [0.2, 0.25) is 5.02 Å². The van der Waals surface area contributed by atoms with Gasteiger partial charge in [0.25, 0.3) is 0 Å². The first-order valence-corrected chi connectivity index (χ1v) is 6.90. The van der Waals surface area contributed by atoms with Crippen LogP contribution in [-0.2, 0) is 13.5 Å². The number of aromatic nitrogens is 3. The van der Waals surface area contributed by atoms with Crippen molar-refractivity contribution in [1.29, 1.82) is 0 Å². The Labute approximate surface area is 118 Å². The predicted octanol–water partition coefficient (Wildman–Crippen LogP) is 2.75. The van der Waals surface area contributed by atoms with Gasteiger partial charge in [0.15, 0.2) is 0 Å². The second-order valence-electron chi connectivity index (χ2n) is 4.47. The van der Waals surface area contributed by atoms with Crippen LogP contribution in [0.25, 0.3) is 0 Å². The minimum atomic E-state index is 0.175. The third-order valence-electron chi connectivity index (χ3n) is 3.18. The van der Waals surface area contributed by atoms with Crippen molar-refractivity contribution < 1.29 is 0 Å². The highest BCUT2D eigenvalue weighted by molar-refractivity contribution is 6.31. The van der Waals surface area contributed by atoms with Gasteiger partial charge in [-0.3, -0.25) is 9.67 Å². The lowest BCUT2D eigenvalue weighted by atomic mass is 10.1. The molecule has 0 aromatic carbocycles. The Morgan fingerprint density at radius 3 is 2.84 bits per heavy atom. The number of hydrogen-bond acceptors (Lipinski definition) is 3. The Kier molecular flexibility index (Phi) is 4.93. The fourth-order valence-corrected chi connectivity index (χ4v) is 2.43. The Balaban J connectivity index is 2.09.